The molecule has 2 aromatic heterocycles. The van der Waals surface area contributed by atoms with Crippen LogP contribution in [-0.4, -0.2) is 19.1 Å². The molecule has 0 saturated heterocycles. The third kappa shape index (κ3) is 2.83. The maximum absolute atomic E-state index is 8.90. The molecule has 4 aromatic rings. The topological polar surface area (TPSA) is 85.5 Å². The molecule has 2 aromatic carbocycles. The first kappa shape index (κ1) is 15.0. The van der Waals surface area contributed by atoms with Crippen molar-refractivity contribution in [3.05, 3.63) is 77.9 Å². The number of fused-ring (bicyclic) bond motifs is 1. The number of imidazole rings is 2. The number of benzene rings is 2. The lowest BCUT2D eigenvalue weighted by atomic mass is 10.1. The van der Waals surface area contributed by atoms with Gasteiger partial charge in [-0.1, -0.05) is 24.3 Å². The summed E-state index contributed by atoms with van der Waals surface area (Å²) in [6.45, 7) is 1.29. The summed E-state index contributed by atoms with van der Waals surface area (Å²) in [5.74, 6) is 0.493. The molecule has 4 rings (SSSR count). The second-order valence-corrected chi connectivity index (χ2v) is 5.87. The van der Waals surface area contributed by atoms with Crippen LogP contribution in [0.2, 0.25) is 0 Å². The Balaban J connectivity index is 1.63. The lowest BCUT2D eigenvalue weighted by Gasteiger charge is -2.11. The average Bonchev–Trinajstić information content (AvgIpc) is 3.20. The quantitative estimate of drug-likeness (QED) is 0.624. The van der Waals surface area contributed by atoms with E-state index in [0.29, 0.717) is 24.6 Å². The molecule has 0 saturated carbocycles. The fourth-order valence-corrected chi connectivity index (χ4v) is 2.93. The van der Waals surface area contributed by atoms with Gasteiger partial charge in [-0.2, -0.15) is 5.26 Å². The zero-order valence-electron chi connectivity index (χ0n) is 13.5. The Morgan fingerprint density at radius 3 is 2.64 bits per heavy atom. The van der Waals surface area contributed by atoms with Crippen LogP contribution in [0.5, 0.6) is 0 Å². The number of nitrogens with two attached hydrogens (primary N) is 1. The predicted octanol–water partition coefficient (Wildman–Crippen LogP) is 2.78. The molecule has 0 unspecified atom stereocenters. The SMILES string of the molecule is N#Cc1ccc(Cn2cncc2Cn2c(N)nc3ccccc32)cc1. The molecule has 0 aliphatic heterocycles. The van der Waals surface area contributed by atoms with E-state index in [0.717, 1.165) is 22.3 Å². The summed E-state index contributed by atoms with van der Waals surface area (Å²) < 4.78 is 4.07. The summed E-state index contributed by atoms with van der Waals surface area (Å²) >= 11 is 0. The average molecular weight is 328 g/mol. The zero-order chi connectivity index (χ0) is 17.2. The molecule has 0 radical (unpaired) electrons. The van der Waals surface area contributed by atoms with Gasteiger partial charge in [0.2, 0.25) is 5.95 Å². The largest absolute Gasteiger partial charge is 0.369 e. The molecule has 0 amide bonds. The van der Waals surface area contributed by atoms with Gasteiger partial charge in [0.15, 0.2) is 0 Å². The standard InChI is InChI=1S/C19H16N6/c20-9-14-5-7-15(8-6-14)11-24-13-22-10-16(24)12-25-18-4-2-1-3-17(18)23-19(25)21/h1-8,10,13H,11-12H2,(H2,21,23). The van der Waals surface area contributed by atoms with E-state index in [2.05, 4.69) is 20.6 Å². The first-order valence-corrected chi connectivity index (χ1v) is 7.93. The highest BCUT2D eigenvalue weighted by Crippen LogP contribution is 2.19. The summed E-state index contributed by atoms with van der Waals surface area (Å²) in [5.41, 5.74) is 10.8. The van der Waals surface area contributed by atoms with Gasteiger partial charge in [0.05, 0.1) is 41.2 Å². The van der Waals surface area contributed by atoms with Crippen molar-refractivity contribution in [3.63, 3.8) is 0 Å². The molecule has 0 atom stereocenters. The summed E-state index contributed by atoms with van der Waals surface area (Å²) in [6.07, 6.45) is 3.65. The van der Waals surface area contributed by atoms with Crippen LogP contribution in [0.4, 0.5) is 5.95 Å². The van der Waals surface area contributed by atoms with Crippen LogP contribution in [0.1, 0.15) is 16.8 Å². The third-order valence-electron chi connectivity index (χ3n) is 4.24. The van der Waals surface area contributed by atoms with Gasteiger partial charge >= 0.3 is 0 Å². The van der Waals surface area contributed by atoms with E-state index >= 15 is 0 Å². The Morgan fingerprint density at radius 1 is 1.04 bits per heavy atom. The van der Waals surface area contributed by atoms with Gasteiger partial charge in [-0.3, -0.25) is 0 Å². The molecule has 0 aliphatic rings. The number of nitrogen functional groups attached to an aromatic ring is 1. The van der Waals surface area contributed by atoms with Crippen molar-refractivity contribution < 1.29 is 0 Å². The molecule has 122 valence electrons. The lowest BCUT2D eigenvalue weighted by molar-refractivity contribution is 0.700. The molecular weight excluding hydrogens is 312 g/mol. The van der Waals surface area contributed by atoms with E-state index in [9.17, 15) is 0 Å². The smallest absolute Gasteiger partial charge is 0.201 e. The molecule has 25 heavy (non-hydrogen) atoms. The van der Waals surface area contributed by atoms with Gasteiger partial charge in [0.1, 0.15) is 0 Å². The van der Waals surface area contributed by atoms with Gasteiger partial charge < -0.3 is 14.9 Å². The molecule has 0 bridgehead atoms. The number of nitriles is 1. The van der Waals surface area contributed by atoms with Crippen LogP contribution in [0.15, 0.2) is 61.1 Å². The van der Waals surface area contributed by atoms with Crippen molar-refractivity contribution in [2.45, 2.75) is 13.1 Å². The maximum atomic E-state index is 8.90. The van der Waals surface area contributed by atoms with Crippen molar-refractivity contribution in [2.75, 3.05) is 5.73 Å². The van der Waals surface area contributed by atoms with Gasteiger partial charge in [0.25, 0.3) is 0 Å². The van der Waals surface area contributed by atoms with E-state index in [1.165, 1.54) is 0 Å². The van der Waals surface area contributed by atoms with Crippen LogP contribution >= 0.6 is 0 Å². The molecular formula is C19H16N6. The van der Waals surface area contributed by atoms with Crippen LogP contribution in [0.3, 0.4) is 0 Å². The highest BCUT2D eigenvalue weighted by atomic mass is 15.2. The fraction of sp³-hybridized carbons (Fsp3) is 0.105. The highest BCUT2D eigenvalue weighted by molar-refractivity contribution is 5.78. The monoisotopic (exact) mass is 328 g/mol. The van der Waals surface area contributed by atoms with Crippen molar-refractivity contribution in [3.8, 4) is 6.07 Å². The number of hydrogen-bond acceptors (Lipinski definition) is 4. The Morgan fingerprint density at radius 2 is 1.84 bits per heavy atom. The zero-order valence-corrected chi connectivity index (χ0v) is 13.5. The van der Waals surface area contributed by atoms with E-state index in [1.807, 2.05) is 65.6 Å². The fourth-order valence-electron chi connectivity index (χ4n) is 2.93. The predicted molar refractivity (Wildman–Crippen MR) is 95.7 cm³/mol. The number of rotatable bonds is 4. The molecule has 6 heteroatoms. The van der Waals surface area contributed by atoms with E-state index in [-0.39, 0.29) is 0 Å². The summed E-state index contributed by atoms with van der Waals surface area (Å²) in [6, 6.07) is 17.6. The first-order chi connectivity index (χ1) is 12.2. The van der Waals surface area contributed by atoms with Gasteiger partial charge in [-0.25, -0.2) is 9.97 Å². The molecule has 2 heterocycles. The van der Waals surface area contributed by atoms with Crippen LogP contribution in [-0.2, 0) is 13.1 Å². The van der Waals surface area contributed by atoms with Gasteiger partial charge in [0, 0.05) is 12.7 Å². The number of para-hydroxylation sites is 2. The van der Waals surface area contributed by atoms with Crippen molar-refractivity contribution in [1.82, 2.24) is 19.1 Å². The van der Waals surface area contributed by atoms with E-state index in [1.54, 1.807) is 0 Å². The number of anilines is 1. The molecule has 6 nitrogen and oxygen atoms in total. The Kier molecular flexibility index (Phi) is 3.67. The number of nitrogens with zero attached hydrogens (tertiary/aromatic N) is 5. The van der Waals surface area contributed by atoms with Crippen molar-refractivity contribution >= 4 is 17.0 Å². The maximum Gasteiger partial charge on any atom is 0.201 e. The molecule has 0 spiro atoms. The third-order valence-corrected chi connectivity index (χ3v) is 4.24. The van der Waals surface area contributed by atoms with Gasteiger partial charge in [-0.05, 0) is 29.8 Å². The Bertz CT molecular complexity index is 1070. The van der Waals surface area contributed by atoms with Crippen LogP contribution < -0.4 is 5.73 Å². The first-order valence-electron chi connectivity index (χ1n) is 7.93. The highest BCUT2D eigenvalue weighted by Gasteiger charge is 2.11. The molecule has 0 aliphatic carbocycles. The molecule has 2 N–H and O–H groups in total. The Labute approximate surface area is 144 Å². The van der Waals surface area contributed by atoms with Crippen molar-refractivity contribution in [2.24, 2.45) is 0 Å². The normalized spacial score (nSPS) is 10.8. The van der Waals surface area contributed by atoms with Crippen LogP contribution in [0.25, 0.3) is 11.0 Å². The van der Waals surface area contributed by atoms with E-state index in [4.69, 9.17) is 11.0 Å². The van der Waals surface area contributed by atoms with Crippen molar-refractivity contribution in [1.29, 1.82) is 5.26 Å². The lowest BCUT2D eigenvalue weighted by Crippen LogP contribution is -2.10. The van der Waals surface area contributed by atoms with Gasteiger partial charge in [-0.15, -0.1) is 0 Å². The number of hydrogen-bond donors (Lipinski definition) is 1. The summed E-state index contributed by atoms with van der Waals surface area (Å²) in [5, 5.41) is 8.90. The number of aromatic nitrogens is 4. The van der Waals surface area contributed by atoms with E-state index < -0.39 is 0 Å². The second-order valence-electron chi connectivity index (χ2n) is 5.87. The Hall–Kier alpha value is -3.59. The van der Waals surface area contributed by atoms with Crippen LogP contribution in [0, 0.1) is 11.3 Å². The minimum absolute atomic E-state index is 0.493. The summed E-state index contributed by atoms with van der Waals surface area (Å²) in [7, 11) is 0. The second kappa shape index (κ2) is 6.13. The summed E-state index contributed by atoms with van der Waals surface area (Å²) in [4.78, 5) is 8.69. The molecule has 0 fully saturated rings. The minimum atomic E-state index is 0.493. The minimum Gasteiger partial charge on any atom is -0.369 e.